The van der Waals surface area contributed by atoms with Crippen LogP contribution in [-0.4, -0.2) is 37.3 Å². The average molecular weight is 427 g/mol. The van der Waals surface area contributed by atoms with Crippen molar-refractivity contribution < 1.29 is 14.2 Å². The fourth-order valence-corrected chi connectivity index (χ4v) is 4.55. The van der Waals surface area contributed by atoms with Crippen molar-refractivity contribution >= 4 is 11.6 Å². The predicted octanol–water partition coefficient (Wildman–Crippen LogP) is 5.16. The van der Waals surface area contributed by atoms with Crippen molar-refractivity contribution in [3.8, 4) is 17.2 Å². The van der Waals surface area contributed by atoms with Crippen LogP contribution in [0.2, 0.25) is 5.02 Å². The van der Waals surface area contributed by atoms with Gasteiger partial charge in [-0.1, -0.05) is 29.8 Å². The molecule has 3 aromatic rings. The summed E-state index contributed by atoms with van der Waals surface area (Å²) >= 11 is 6.51. The number of hydrogen-bond acceptors (Lipinski definition) is 4. The molecule has 1 aliphatic rings. The molecule has 0 spiro atoms. The van der Waals surface area contributed by atoms with Gasteiger partial charge in [-0.15, -0.1) is 0 Å². The number of ether oxygens (including phenoxy) is 3. The Balaban J connectivity index is 1.86. The van der Waals surface area contributed by atoms with Crippen LogP contribution < -0.4 is 14.2 Å². The molecule has 0 bridgehead atoms. The van der Waals surface area contributed by atoms with Gasteiger partial charge < -0.3 is 18.8 Å². The molecule has 1 aliphatic heterocycles. The van der Waals surface area contributed by atoms with Gasteiger partial charge >= 0.3 is 0 Å². The van der Waals surface area contributed by atoms with E-state index >= 15 is 0 Å². The molecule has 0 amide bonds. The molecule has 1 atom stereocenters. The van der Waals surface area contributed by atoms with Gasteiger partial charge in [-0.2, -0.15) is 0 Å². The van der Waals surface area contributed by atoms with Gasteiger partial charge in [0.2, 0.25) is 5.75 Å². The number of benzene rings is 2. The lowest BCUT2D eigenvalue weighted by Crippen LogP contribution is -2.30. The minimum atomic E-state index is -0.00599. The zero-order chi connectivity index (χ0) is 21.1. The zero-order valence-corrected chi connectivity index (χ0v) is 18.4. The van der Waals surface area contributed by atoms with Crippen molar-refractivity contribution in [1.29, 1.82) is 0 Å². The van der Waals surface area contributed by atoms with Crippen LogP contribution in [0.15, 0.2) is 54.7 Å². The molecule has 0 fully saturated rings. The van der Waals surface area contributed by atoms with E-state index in [9.17, 15) is 0 Å². The Morgan fingerprint density at radius 3 is 2.43 bits per heavy atom. The highest BCUT2D eigenvalue weighted by atomic mass is 35.5. The summed E-state index contributed by atoms with van der Waals surface area (Å²) in [5.74, 6) is 1.96. The molecule has 0 N–H and O–H groups in total. The summed E-state index contributed by atoms with van der Waals surface area (Å²) in [6.07, 6.45) is 3.20. The highest BCUT2D eigenvalue weighted by molar-refractivity contribution is 6.31. The van der Waals surface area contributed by atoms with E-state index in [1.54, 1.807) is 21.3 Å². The summed E-state index contributed by atoms with van der Waals surface area (Å²) in [6, 6.07) is 16.4. The van der Waals surface area contributed by atoms with Crippen molar-refractivity contribution in [3.63, 3.8) is 0 Å². The van der Waals surface area contributed by atoms with Crippen molar-refractivity contribution in [1.82, 2.24) is 9.47 Å². The molecule has 0 aliphatic carbocycles. The highest BCUT2D eigenvalue weighted by Crippen LogP contribution is 2.46. The minimum absolute atomic E-state index is 0.00599. The number of rotatable bonds is 6. The second kappa shape index (κ2) is 9.02. The SMILES string of the molecule is COc1ccc(C2c3cccn3CCCN2Cc2ccccc2Cl)c(OC)c1OC. The molecule has 1 unspecified atom stereocenters. The summed E-state index contributed by atoms with van der Waals surface area (Å²) in [6.45, 7) is 2.66. The van der Waals surface area contributed by atoms with Crippen LogP contribution in [0.5, 0.6) is 17.2 Å². The molecule has 0 radical (unpaired) electrons. The Hall–Kier alpha value is -2.63. The molecule has 30 heavy (non-hydrogen) atoms. The molecule has 5 nitrogen and oxygen atoms in total. The van der Waals surface area contributed by atoms with E-state index in [-0.39, 0.29) is 6.04 Å². The Bertz CT molecular complexity index is 1020. The summed E-state index contributed by atoms with van der Waals surface area (Å²) in [5, 5.41) is 0.787. The van der Waals surface area contributed by atoms with Crippen LogP contribution in [0, 0.1) is 0 Å². The van der Waals surface area contributed by atoms with Crippen molar-refractivity contribution in [2.45, 2.75) is 25.6 Å². The number of hydrogen-bond donors (Lipinski definition) is 0. The van der Waals surface area contributed by atoms with Crippen LogP contribution >= 0.6 is 11.6 Å². The second-order valence-corrected chi connectivity index (χ2v) is 7.78. The van der Waals surface area contributed by atoms with Gasteiger partial charge in [-0.3, -0.25) is 4.90 Å². The Morgan fingerprint density at radius 2 is 1.70 bits per heavy atom. The zero-order valence-electron chi connectivity index (χ0n) is 17.6. The number of halogens is 1. The van der Waals surface area contributed by atoms with Gasteiger partial charge in [0, 0.05) is 42.1 Å². The van der Waals surface area contributed by atoms with Crippen LogP contribution in [0.4, 0.5) is 0 Å². The molecule has 6 heteroatoms. The third kappa shape index (κ3) is 3.75. The van der Waals surface area contributed by atoms with Gasteiger partial charge in [0.25, 0.3) is 0 Å². The minimum Gasteiger partial charge on any atom is -0.493 e. The lowest BCUT2D eigenvalue weighted by Gasteiger charge is -2.32. The van der Waals surface area contributed by atoms with Crippen molar-refractivity contribution in [3.05, 3.63) is 76.6 Å². The molecule has 1 aromatic heterocycles. The molecule has 0 saturated carbocycles. The summed E-state index contributed by atoms with van der Waals surface area (Å²) < 4.78 is 19.3. The topological polar surface area (TPSA) is 35.9 Å². The van der Waals surface area contributed by atoms with Crippen LogP contribution in [0.1, 0.15) is 29.3 Å². The highest BCUT2D eigenvalue weighted by Gasteiger charge is 2.32. The monoisotopic (exact) mass is 426 g/mol. The molecular weight excluding hydrogens is 400 g/mol. The fourth-order valence-electron chi connectivity index (χ4n) is 4.35. The van der Waals surface area contributed by atoms with Gasteiger partial charge in [0.1, 0.15) is 0 Å². The number of nitrogens with zero attached hydrogens (tertiary/aromatic N) is 2. The van der Waals surface area contributed by atoms with Gasteiger partial charge in [0.05, 0.1) is 27.4 Å². The Labute approximate surface area is 182 Å². The third-order valence-electron chi connectivity index (χ3n) is 5.71. The maximum Gasteiger partial charge on any atom is 0.203 e. The first-order valence-electron chi connectivity index (χ1n) is 10.1. The number of aromatic nitrogens is 1. The van der Waals surface area contributed by atoms with E-state index in [2.05, 4.69) is 39.9 Å². The largest absolute Gasteiger partial charge is 0.493 e. The smallest absolute Gasteiger partial charge is 0.203 e. The second-order valence-electron chi connectivity index (χ2n) is 7.37. The van der Waals surface area contributed by atoms with E-state index in [0.717, 1.165) is 42.2 Å². The van der Waals surface area contributed by atoms with E-state index in [4.69, 9.17) is 25.8 Å². The number of methoxy groups -OCH3 is 3. The lowest BCUT2D eigenvalue weighted by molar-refractivity contribution is 0.214. The first-order chi connectivity index (χ1) is 14.7. The van der Waals surface area contributed by atoms with Crippen molar-refractivity contribution in [2.75, 3.05) is 27.9 Å². The molecule has 2 heterocycles. The van der Waals surface area contributed by atoms with Crippen LogP contribution in [0.3, 0.4) is 0 Å². The van der Waals surface area contributed by atoms with E-state index < -0.39 is 0 Å². The Morgan fingerprint density at radius 1 is 0.900 bits per heavy atom. The van der Waals surface area contributed by atoms with E-state index in [1.165, 1.54) is 5.69 Å². The lowest BCUT2D eigenvalue weighted by atomic mass is 9.99. The van der Waals surface area contributed by atoms with Gasteiger partial charge in [0.15, 0.2) is 11.5 Å². The summed E-state index contributed by atoms with van der Waals surface area (Å²) in [4.78, 5) is 2.46. The van der Waals surface area contributed by atoms with Gasteiger partial charge in [-0.25, -0.2) is 0 Å². The summed E-state index contributed by atoms with van der Waals surface area (Å²) in [5.41, 5.74) is 3.39. The summed E-state index contributed by atoms with van der Waals surface area (Å²) in [7, 11) is 4.95. The van der Waals surface area contributed by atoms with Gasteiger partial charge in [-0.05, 0) is 42.3 Å². The molecule has 2 aromatic carbocycles. The number of aryl methyl sites for hydroxylation is 1. The standard InChI is InChI=1S/C24H27ClN2O3/c1-28-21-12-11-18(23(29-2)24(21)30-3)22-20-10-6-13-26(20)14-7-15-27(22)16-17-8-4-5-9-19(17)25/h4-6,8-13,22H,7,14-16H2,1-3H3. The molecule has 158 valence electrons. The maximum absolute atomic E-state index is 6.51. The predicted molar refractivity (Wildman–Crippen MR) is 119 cm³/mol. The van der Waals surface area contributed by atoms with Crippen molar-refractivity contribution in [2.24, 2.45) is 0 Å². The van der Waals surface area contributed by atoms with Crippen LogP contribution in [-0.2, 0) is 13.1 Å². The van der Waals surface area contributed by atoms with E-state index in [1.807, 2.05) is 24.3 Å². The normalized spacial score (nSPS) is 16.6. The fraction of sp³-hybridized carbons (Fsp3) is 0.333. The Kier molecular flexibility index (Phi) is 6.21. The third-order valence-corrected chi connectivity index (χ3v) is 6.08. The first-order valence-corrected chi connectivity index (χ1v) is 10.5. The first kappa shape index (κ1) is 20.6. The molecule has 4 rings (SSSR count). The molecular formula is C24H27ClN2O3. The van der Waals surface area contributed by atoms with E-state index in [0.29, 0.717) is 17.2 Å². The molecule has 0 saturated heterocycles. The quantitative estimate of drug-likeness (QED) is 0.545. The maximum atomic E-state index is 6.51. The average Bonchev–Trinajstić information content (AvgIpc) is 3.15. The number of fused-ring (bicyclic) bond motifs is 1. The van der Waals surface area contributed by atoms with Crippen LogP contribution in [0.25, 0.3) is 0 Å².